The molecule has 0 aliphatic carbocycles. The number of hydrogen-bond acceptors (Lipinski definition) is 5. The first-order valence-electron chi connectivity index (χ1n) is 10.7. The second-order valence-corrected chi connectivity index (χ2v) is 8.45. The summed E-state index contributed by atoms with van der Waals surface area (Å²) >= 11 is 0. The van der Waals surface area contributed by atoms with E-state index in [0.29, 0.717) is 6.54 Å². The molecule has 3 amide bonds. The van der Waals surface area contributed by atoms with Crippen molar-refractivity contribution in [2.75, 3.05) is 11.9 Å². The van der Waals surface area contributed by atoms with Crippen LogP contribution in [0.15, 0.2) is 48.5 Å². The number of benzene rings is 2. The monoisotopic (exact) mass is 437 g/mol. The number of rotatable bonds is 3. The zero-order valence-corrected chi connectivity index (χ0v) is 17.3. The molecule has 3 aliphatic rings. The highest BCUT2D eigenvalue weighted by Crippen LogP contribution is 2.29. The van der Waals surface area contributed by atoms with Gasteiger partial charge in [-0.25, -0.2) is 4.39 Å². The minimum Gasteiger partial charge on any atom is -0.340 e. The molecule has 166 valence electrons. The van der Waals surface area contributed by atoms with Gasteiger partial charge in [-0.05, 0) is 35.7 Å². The van der Waals surface area contributed by atoms with E-state index in [2.05, 4.69) is 38.3 Å². The topological polar surface area (TPSA) is 103 Å². The van der Waals surface area contributed by atoms with Gasteiger partial charge in [0, 0.05) is 25.2 Å². The molecular formula is C23H24FN5O3. The number of nitrogens with zero attached hydrogens (tertiary/aromatic N) is 1. The molecule has 0 spiro atoms. The third kappa shape index (κ3) is 3.96. The number of amides is 3. The van der Waals surface area contributed by atoms with Gasteiger partial charge < -0.3 is 16.0 Å². The van der Waals surface area contributed by atoms with Crippen LogP contribution in [0.1, 0.15) is 17.5 Å². The Morgan fingerprint density at radius 2 is 1.88 bits per heavy atom. The molecule has 3 heterocycles. The van der Waals surface area contributed by atoms with Crippen LogP contribution < -0.4 is 21.3 Å². The Hall–Kier alpha value is -3.30. The molecule has 8 nitrogen and oxygen atoms in total. The first-order valence-corrected chi connectivity index (χ1v) is 10.7. The SMILES string of the molecule is O=C1CC(C(=O)Nc2cccc(F)c2)C2C(=O)NC(N3CCc4ccccc4C3)NC2N1. The molecule has 2 fully saturated rings. The summed E-state index contributed by atoms with van der Waals surface area (Å²) in [5.74, 6) is -3.21. The van der Waals surface area contributed by atoms with E-state index in [0.717, 1.165) is 13.0 Å². The Bertz CT molecular complexity index is 1080. The maximum Gasteiger partial charge on any atom is 0.229 e. The summed E-state index contributed by atoms with van der Waals surface area (Å²) in [7, 11) is 0. The van der Waals surface area contributed by atoms with Crippen molar-refractivity contribution in [1.29, 1.82) is 0 Å². The molecule has 9 heteroatoms. The number of halogens is 1. The lowest BCUT2D eigenvalue weighted by Gasteiger charge is -2.47. The van der Waals surface area contributed by atoms with E-state index < -0.39 is 36.0 Å². The zero-order chi connectivity index (χ0) is 22.2. The van der Waals surface area contributed by atoms with Crippen molar-refractivity contribution in [2.45, 2.75) is 31.8 Å². The first-order chi connectivity index (χ1) is 15.5. The predicted molar refractivity (Wildman–Crippen MR) is 114 cm³/mol. The fourth-order valence-corrected chi connectivity index (χ4v) is 4.79. The summed E-state index contributed by atoms with van der Waals surface area (Å²) in [6, 6.07) is 13.7. The van der Waals surface area contributed by atoms with Gasteiger partial charge in [0.1, 0.15) is 12.1 Å². The van der Waals surface area contributed by atoms with Crippen LogP contribution in [0.2, 0.25) is 0 Å². The van der Waals surface area contributed by atoms with Gasteiger partial charge in [0.15, 0.2) is 0 Å². The summed E-state index contributed by atoms with van der Waals surface area (Å²) in [6.07, 6.45) is -0.374. The molecule has 0 saturated carbocycles. The molecule has 32 heavy (non-hydrogen) atoms. The Morgan fingerprint density at radius 3 is 2.69 bits per heavy atom. The van der Waals surface area contributed by atoms with Gasteiger partial charge >= 0.3 is 0 Å². The molecule has 5 rings (SSSR count). The van der Waals surface area contributed by atoms with Crippen molar-refractivity contribution in [3.05, 3.63) is 65.5 Å². The molecule has 2 saturated heterocycles. The van der Waals surface area contributed by atoms with Crippen molar-refractivity contribution in [2.24, 2.45) is 11.8 Å². The summed E-state index contributed by atoms with van der Waals surface area (Å²) in [5.41, 5.74) is 2.78. The van der Waals surface area contributed by atoms with Crippen LogP contribution in [-0.2, 0) is 27.3 Å². The quantitative estimate of drug-likeness (QED) is 0.572. The normalized spacial score (nSPS) is 27.5. The first kappa shape index (κ1) is 20.6. The molecule has 0 radical (unpaired) electrons. The van der Waals surface area contributed by atoms with Gasteiger partial charge in [-0.2, -0.15) is 0 Å². The Morgan fingerprint density at radius 1 is 1.06 bits per heavy atom. The molecule has 0 bridgehead atoms. The van der Waals surface area contributed by atoms with Crippen molar-refractivity contribution in [3.8, 4) is 0 Å². The van der Waals surface area contributed by atoms with Crippen molar-refractivity contribution in [3.63, 3.8) is 0 Å². The maximum atomic E-state index is 13.5. The third-order valence-corrected chi connectivity index (χ3v) is 6.39. The second-order valence-electron chi connectivity index (χ2n) is 8.45. The van der Waals surface area contributed by atoms with Crippen molar-refractivity contribution < 1.29 is 18.8 Å². The van der Waals surface area contributed by atoms with Crippen LogP contribution in [-0.4, -0.2) is 41.6 Å². The zero-order valence-electron chi connectivity index (χ0n) is 17.3. The lowest BCUT2D eigenvalue weighted by atomic mass is 9.81. The molecule has 2 aromatic carbocycles. The van der Waals surface area contributed by atoms with E-state index in [4.69, 9.17) is 0 Å². The molecule has 3 aliphatic heterocycles. The highest BCUT2D eigenvalue weighted by molar-refractivity contribution is 6.00. The predicted octanol–water partition coefficient (Wildman–Crippen LogP) is 0.904. The number of nitrogens with one attached hydrogen (secondary N) is 4. The summed E-state index contributed by atoms with van der Waals surface area (Å²) in [5, 5.41) is 11.7. The van der Waals surface area contributed by atoms with Gasteiger partial charge in [-0.3, -0.25) is 24.6 Å². The van der Waals surface area contributed by atoms with Crippen molar-refractivity contribution in [1.82, 2.24) is 20.9 Å². The van der Waals surface area contributed by atoms with Gasteiger partial charge in [0.25, 0.3) is 0 Å². The summed E-state index contributed by atoms with van der Waals surface area (Å²) in [4.78, 5) is 40.5. The minimum absolute atomic E-state index is 0.112. The molecule has 4 atom stereocenters. The Labute approximate surface area is 184 Å². The van der Waals surface area contributed by atoms with Gasteiger partial charge in [-0.15, -0.1) is 0 Å². The number of piperidine rings is 1. The lowest BCUT2D eigenvalue weighted by molar-refractivity contribution is -0.147. The average Bonchev–Trinajstić information content (AvgIpc) is 2.78. The van der Waals surface area contributed by atoms with E-state index in [1.54, 1.807) is 6.07 Å². The summed E-state index contributed by atoms with van der Waals surface area (Å²) < 4.78 is 13.5. The molecule has 2 aromatic rings. The van der Waals surface area contributed by atoms with Crippen LogP contribution in [0.4, 0.5) is 10.1 Å². The Balaban J connectivity index is 1.31. The lowest BCUT2D eigenvalue weighted by Crippen LogP contribution is -2.74. The van der Waals surface area contributed by atoms with E-state index in [1.165, 1.54) is 29.3 Å². The number of anilines is 1. The van der Waals surface area contributed by atoms with Crippen LogP contribution in [0.3, 0.4) is 0 Å². The molecule has 4 unspecified atom stereocenters. The average molecular weight is 437 g/mol. The largest absolute Gasteiger partial charge is 0.340 e. The fourth-order valence-electron chi connectivity index (χ4n) is 4.79. The van der Waals surface area contributed by atoms with E-state index in [-0.39, 0.29) is 23.9 Å². The fraction of sp³-hybridized carbons (Fsp3) is 0.348. The third-order valence-electron chi connectivity index (χ3n) is 6.39. The number of fused-ring (bicyclic) bond motifs is 2. The number of carbonyl (C=O) groups is 3. The second kappa shape index (κ2) is 8.33. The highest BCUT2D eigenvalue weighted by Gasteiger charge is 2.49. The smallest absolute Gasteiger partial charge is 0.229 e. The standard InChI is InChI=1S/C23H24FN5O3/c24-15-6-3-7-16(10-15)25-21(31)17-11-18(30)26-20-19(17)22(32)28-23(27-20)29-9-8-13-4-1-2-5-14(13)12-29/h1-7,10,17,19-20,23,27H,8-9,11-12H2,(H,25,31)(H,26,30)(H,28,32). The minimum atomic E-state index is -0.868. The molecule has 0 aromatic heterocycles. The van der Waals surface area contributed by atoms with E-state index in [9.17, 15) is 18.8 Å². The van der Waals surface area contributed by atoms with Crippen LogP contribution in [0.25, 0.3) is 0 Å². The number of carbonyl (C=O) groups excluding carboxylic acids is 3. The maximum absolute atomic E-state index is 13.5. The molecule has 4 N–H and O–H groups in total. The van der Waals surface area contributed by atoms with E-state index >= 15 is 0 Å². The van der Waals surface area contributed by atoms with E-state index in [1.807, 2.05) is 12.1 Å². The number of hydrogen-bond donors (Lipinski definition) is 4. The highest BCUT2D eigenvalue weighted by atomic mass is 19.1. The summed E-state index contributed by atoms with van der Waals surface area (Å²) in [6.45, 7) is 1.42. The molecular weight excluding hydrogens is 413 g/mol. The van der Waals surface area contributed by atoms with Gasteiger partial charge in [-0.1, -0.05) is 30.3 Å². The van der Waals surface area contributed by atoms with Gasteiger partial charge in [0.05, 0.1) is 18.0 Å². The van der Waals surface area contributed by atoms with Crippen LogP contribution >= 0.6 is 0 Å². The van der Waals surface area contributed by atoms with Crippen molar-refractivity contribution >= 4 is 23.4 Å². The van der Waals surface area contributed by atoms with Crippen LogP contribution in [0.5, 0.6) is 0 Å². The van der Waals surface area contributed by atoms with Crippen LogP contribution in [0, 0.1) is 17.7 Å². The van der Waals surface area contributed by atoms with Gasteiger partial charge in [0.2, 0.25) is 17.7 Å². The Kier molecular flexibility index (Phi) is 5.36.